The van der Waals surface area contributed by atoms with Crippen molar-refractivity contribution in [2.75, 3.05) is 5.32 Å². The smallest absolute Gasteiger partial charge is 0.256 e. The number of fused-ring (bicyclic) bond motifs is 1. The maximum Gasteiger partial charge on any atom is 0.256 e. The van der Waals surface area contributed by atoms with Gasteiger partial charge in [0.15, 0.2) is 0 Å². The van der Waals surface area contributed by atoms with Crippen molar-refractivity contribution < 1.29 is 4.79 Å². The van der Waals surface area contributed by atoms with Crippen molar-refractivity contribution in [2.24, 2.45) is 0 Å². The summed E-state index contributed by atoms with van der Waals surface area (Å²) in [5, 5.41) is 11.7. The molecule has 0 unspecified atom stereocenters. The number of amides is 1. The molecular formula is C32H19ClN2O. The van der Waals surface area contributed by atoms with E-state index < -0.39 is 0 Å². The van der Waals surface area contributed by atoms with Gasteiger partial charge in [0.2, 0.25) is 0 Å². The van der Waals surface area contributed by atoms with Gasteiger partial charge in [-0.2, -0.15) is 0 Å². The number of benzene rings is 6. The summed E-state index contributed by atoms with van der Waals surface area (Å²) in [5.74, 6) is -0.168. The van der Waals surface area contributed by atoms with E-state index in [1.54, 1.807) is 0 Å². The molecule has 0 atom stereocenters. The molecule has 1 N–H and O–H groups in total. The third-order valence-corrected chi connectivity index (χ3v) is 7.13. The number of carbonyl (C=O) groups excluding carboxylic acids is 1. The van der Waals surface area contributed by atoms with Gasteiger partial charge in [0.25, 0.3) is 5.91 Å². The van der Waals surface area contributed by atoms with Crippen LogP contribution in [0.1, 0.15) is 10.4 Å². The lowest BCUT2D eigenvalue weighted by atomic mass is 9.93. The zero-order valence-electron chi connectivity index (χ0n) is 19.1. The predicted molar refractivity (Wildman–Crippen MR) is 150 cm³/mol. The minimum Gasteiger partial charge on any atom is -0.321 e. The van der Waals surface area contributed by atoms with Gasteiger partial charge in [-0.15, -0.1) is 0 Å². The van der Waals surface area contributed by atoms with Crippen LogP contribution < -0.4 is 5.32 Å². The highest BCUT2D eigenvalue weighted by atomic mass is 35.5. The van der Waals surface area contributed by atoms with Crippen LogP contribution in [0.3, 0.4) is 0 Å². The predicted octanol–water partition coefficient (Wildman–Crippen LogP) is 8.70. The van der Waals surface area contributed by atoms with Crippen molar-refractivity contribution in [1.29, 1.82) is 0 Å². The van der Waals surface area contributed by atoms with E-state index in [1.807, 2.05) is 60.7 Å². The number of para-hydroxylation sites is 1. The molecule has 3 nitrogen and oxygen atoms in total. The molecular weight excluding hydrogens is 464 g/mol. The van der Waals surface area contributed by atoms with Gasteiger partial charge in [0, 0.05) is 27.0 Å². The highest BCUT2D eigenvalue weighted by Crippen LogP contribution is 2.38. The monoisotopic (exact) mass is 482 g/mol. The molecule has 1 aromatic heterocycles. The first-order valence-electron chi connectivity index (χ1n) is 11.8. The maximum absolute atomic E-state index is 13.8. The molecule has 0 saturated heterocycles. The second kappa shape index (κ2) is 8.04. The molecule has 1 heterocycles. The Bertz CT molecular complexity index is 1930. The quantitative estimate of drug-likeness (QED) is 0.256. The van der Waals surface area contributed by atoms with Gasteiger partial charge in [-0.3, -0.25) is 4.79 Å². The lowest BCUT2D eigenvalue weighted by Crippen LogP contribution is -2.13. The number of hydrogen-bond donors (Lipinski definition) is 1. The number of hydrogen-bond acceptors (Lipinski definition) is 2. The van der Waals surface area contributed by atoms with Crippen molar-refractivity contribution in [3.8, 4) is 11.3 Å². The topological polar surface area (TPSA) is 42.0 Å². The minimum atomic E-state index is -0.168. The van der Waals surface area contributed by atoms with Gasteiger partial charge in [0.05, 0.1) is 16.8 Å². The number of nitrogens with one attached hydrogen (secondary N) is 1. The molecule has 0 fully saturated rings. The normalized spacial score (nSPS) is 11.6. The van der Waals surface area contributed by atoms with E-state index in [2.05, 4.69) is 53.8 Å². The first-order chi connectivity index (χ1) is 17.7. The third-order valence-electron chi connectivity index (χ3n) is 6.88. The summed E-state index contributed by atoms with van der Waals surface area (Å²) in [6, 6.07) is 36.0. The van der Waals surface area contributed by atoms with Crippen molar-refractivity contribution in [2.45, 2.75) is 0 Å². The summed E-state index contributed by atoms with van der Waals surface area (Å²) in [7, 11) is 0. The lowest BCUT2D eigenvalue weighted by Gasteiger charge is -2.15. The van der Waals surface area contributed by atoms with Crippen LogP contribution in [-0.4, -0.2) is 10.9 Å². The minimum absolute atomic E-state index is 0.168. The standard InChI is InChI=1S/C32H19ClN2O/c33-23-14-10-19(11-15-23)29-18-26(24-6-1-2-7-27(24)34-29)32(36)35-28-17-13-22-9-8-20-4-3-5-21-12-16-25(28)31(22)30(20)21/h1-18H,(H,35,36). The van der Waals surface area contributed by atoms with Crippen molar-refractivity contribution in [1.82, 2.24) is 4.98 Å². The Morgan fingerprint density at radius 1 is 0.667 bits per heavy atom. The van der Waals surface area contributed by atoms with Gasteiger partial charge < -0.3 is 5.32 Å². The number of rotatable bonds is 3. The van der Waals surface area contributed by atoms with E-state index in [9.17, 15) is 4.79 Å². The van der Waals surface area contributed by atoms with Gasteiger partial charge in [-0.1, -0.05) is 90.5 Å². The summed E-state index contributed by atoms with van der Waals surface area (Å²) in [4.78, 5) is 18.6. The SMILES string of the molecule is O=C(Nc1ccc2ccc3cccc4ccc1c2c34)c1cc(-c2ccc(Cl)cc2)nc2ccccc12. The fraction of sp³-hybridized carbons (Fsp3) is 0. The van der Waals surface area contributed by atoms with Crippen LogP contribution in [0.4, 0.5) is 5.69 Å². The number of pyridine rings is 1. The molecule has 0 aliphatic heterocycles. The number of anilines is 1. The number of halogens is 1. The summed E-state index contributed by atoms with van der Waals surface area (Å²) in [6.07, 6.45) is 0. The van der Waals surface area contributed by atoms with Crippen LogP contribution in [0, 0.1) is 0 Å². The van der Waals surface area contributed by atoms with E-state index >= 15 is 0 Å². The van der Waals surface area contributed by atoms with Crippen molar-refractivity contribution in [3.05, 3.63) is 120 Å². The van der Waals surface area contributed by atoms with Crippen LogP contribution in [0.15, 0.2) is 109 Å². The second-order valence-electron chi connectivity index (χ2n) is 9.00. The molecule has 36 heavy (non-hydrogen) atoms. The molecule has 6 aromatic carbocycles. The zero-order chi connectivity index (χ0) is 24.2. The van der Waals surface area contributed by atoms with Crippen LogP contribution in [0.25, 0.3) is 54.5 Å². The molecule has 7 rings (SSSR count). The molecule has 170 valence electrons. The number of nitrogens with zero attached hydrogens (tertiary/aromatic N) is 1. The summed E-state index contributed by atoms with van der Waals surface area (Å²) >= 11 is 6.09. The van der Waals surface area contributed by atoms with Crippen LogP contribution in [0.2, 0.25) is 5.02 Å². The Morgan fingerprint density at radius 3 is 2.17 bits per heavy atom. The van der Waals surface area contributed by atoms with Crippen LogP contribution in [0.5, 0.6) is 0 Å². The Labute approximate surface area is 212 Å². The molecule has 0 aliphatic carbocycles. The number of carbonyl (C=O) groups is 1. The lowest BCUT2D eigenvalue weighted by molar-refractivity contribution is 0.102. The fourth-order valence-electron chi connectivity index (χ4n) is 5.17. The fourth-order valence-corrected chi connectivity index (χ4v) is 5.29. The largest absolute Gasteiger partial charge is 0.321 e. The first kappa shape index (κ1) is 20.9. The zero-order valence-corrected chi connectivity index (χ0v) is 19.9. The third kappa shape index (κ3) is 3.29. The Morgan fingerprint density at radius 2 is 1.36 bits per heavy atom. The van der Waals surface area contributed by atoms with Crippen LogP contribution >= 0.6 is 11.6 Å². The van der Waals surface area contributed by atoms with E-state index in [-0.39, 0.29) is 5.91 Å². The van der Waals surface area contributed by atoms with E-state index in [4.69, 9.17) is 16.6 Å². The average Bonchev–Trinajstić information content (AvgIpc) is 2.92. The molecule has 0 saturated carbocycles. The highest BCUT2D eigenvalue weighted by Gasteiger charge is 2.17. The average molecular weight is 483 g/mol. The van der Waals surface area contributed by atoms with Gasteiger partial charge in [-0.05, 0) is 57.3 Å². The molecule has 0 aliphatic rings. The second-order valence-corrected chi connectivity index (χ2v) is 9.44. The van der Waals surface area contributed by atoms with Crippen LogP contribution in [-0.2, 0) is 0 Å². The molecule has 7 aromatic rings. The number of aromatic nitrogens is 1. The summed E-state index contributed by atoms with van der Waals surface area (Å²) in [5.41, 5.74) is 3.77. The van der Waals surface area contributed by atoms with Gasteiger partial charge in [-0.25, -0.2) is 4.98 Å². The Balaban J connectivity index is 1.38. The Hall–Kier alpha value is -4.47. The molecule has 4 heteroatoms. The Kier molecular flexibility index (Phi) is 4.66. The maximum atomic E-state index is 13.8. The van der Waals surface area contributed by atoms with Gasteiger partial charge in [0.1, 0.15) is 0 Å². The van der Waals surface area contributed by atoms with E-state index in [0.29, 0.717) is 10.6 Å². The van der Waals surface area contributed by atoms with Crippen molar-refractivity contribution >= 4 is 66.4 Å². The molecule has 1 amide bonds. The van der Waals surface area contributed by atoms with E-state index in [1.165, 1.54) is 21.5 Å². The van der Waals surface area contributed by atoms with Gasteiger partial charge >= 0.3 is 0 Å². The highest BCUT2D eigenvalue weighted by molar-refractivity contribution is 6.30. The molecule has 0 radical (unpaired) electrons. The molecule has 0 spiro atoms. The first-order valence-corrected chi connectivity index (χ1v) is 12.2. The summed E-state index contributed by atoms with van der Waals surface area (Å²) in [6.45, 7) is 0. The summed E-state index contributed by atoms with van der Waals surface area (Å²) < 4.78 is 0. The van der Waals surface area contributed by atoms with E-state index in [0.717, 1.165) is 38.6 Å². The van der Waals surface area contributed by atoms with Crippen molar-refractivity contribution in [3.63, 3.8) is 0 Å². The molecule has 0 bridgehead atoms.